The van der Waals surface area contributed by atoms with E-state index in [9.17, 15) is 18.0 Å². The predicted molar refractivity (Wildman–Crippen MR) is 101 cm³/mol. The third kappa shape index (κ3) is 3.49. The Morgan fingerprint density at radius 1 is 0.714 bits per heavy atom. The summed E-state index contributed by atoms with van der Waals surface area (Å²) in [5.74, 6) is -1.50. The Kier molecular flexibility index (Phi) is 4.61. The highest BCUT2D eigenvalue weighted by Crippen LogP contribution is 2.36. The summed E-state index contributed by atoms with van der Waals surface area (Å²) in [4.78, 5) is 14.6. The average Bonchev–Trinajstić information content (AvgIpc) is 3.01. The van der Waals surface area contributed by atoms with E-state index in [1.807, 2.05) is 0 Å². The minimum absolute atomic E-state index is 0.297. The quantitative estimate of drug-likeness (QED) is 0.676. The first-order valence-corrected chi connectivity index (χ1v) is 8.60. The first kappa shape index (κ1) is 17.9. The molecule has 1 N–H and O–H groups in total. The van der Waals surface area contributed by atoms with Crippen LogP contribution in [0.2, 0.25) is 0 Å². The number of hydrogen-bond donors (Lipinski definition) is 1. The van der Waals surface area contributed by atoms with Crippen molar-refractivity contribution in [3.05, 3.63) is 108 Å². The zero-order chi connectivity index (χ0) is 19.7. The fourth-order valence-corrected chi connectivity index (χ4v) is 3.13. The third-order valence-corrected chi connectivity index (χ3v) is 4.49. The molecule has 0 radical (unpaired) electrons. The normalized spacial score (nSPS) is 16.2. The number of nitrogens with zero attached hydrogens (tertiary/aromatic N) is 1. The lowest BCUT2D eigenvalue weighted by Gasteiger charge is -2.25. The first-order chi connectivity index (χ1) is 13.5. The molecule has 3 aromatic carbocycles. The maximum atomic E-state index is 13.3. The van der Waals surface area contributed by atoms with Gasteiger partial charge in [0, 0.05) is 11.4 Å². The highest BCUT2D eigenvalue weighted by atomic mass is 19.1. The molecule has 1 atom stereocenters. The summed E-state index contributed by atoms with van der Waals surface area (Å²) >= 11 is 0. The van der Waals surface area contributed by atoms with Gasteiger partial charge in [-0.1, -0.05) is 12.1 Å². The van der Waals surface area contributed by atoms with Gasteiger partial charge in [-0.15, -0.1) is 0 Å². The van der Waals surface area contributed by atoms with E-state index in [-0.39, 0.29) is 17.5 Å². The molecule has 0 spiro atoms. The molecular weight excluding hydrogens is 365 g/mol. The third-order valence-electron chi connectivity index (χ3n) is 4.49. The maximum Gasteiger partial charge on any atom is 0.275 e. The molecule has 0 aromatic heterocycles. The van der Waals surface area contributed by atoms with Crippen LogP contribution in [0.15, 0.2) is 84.6 Å². The zero-order valence-electron chi connectivity index (χ0n) is 14.6. The molecule has 4 rings (SSSR count). The summed E-state index contributed by atoms with van der Waals surface area (Å²) in [5.41, 5.74) is 2.06. The molecule has 6 heteroatoms. The molecule has 3 nitrogen and oxygen atoms in total. The number of anilines is 2. The minimum Gasteiger partial charge on any atom is -0.351 e. The van der Waals surface area contributed by atoms with Gasteiger partial charge in [-0.05, 0) is 72.3 Å². The van der Waals surface area contributed by atoms with Crippen LogP contribution >= 0.6 is 0 Å². The van der Waals surface area contributed by atoms with Crippen molar-refractivity contribution in [2.24, 2.45) is 0 Å². The van der Waals surface area contributed by atoms with Crippen LogP contribution in [0.4, 0.5) is 24.5 Å². The number of carbonyl (C=O) groups is 1. The predicted octanol–water partition coefficient (Wildman–Crippen LogP) is 5.19. The van der Waals surface area contributed by atoms with E-state index in [0.717, 1.165) is 0 Å². The minimum atomic E-state index is -0.499. The average molecular weight is 380 g/mol. The first-order valence-electron chi connectivity index (χ1n) is 8.60. The van der Waals surface area contributed by atoms with Crippen LogP contribution in [0.1, 0.15) is 11.6 Å². The number of hydrogen-bond acceptors (Lipinski definition) is 2. The summed E-state index contributed by atoms with van der Waals surface area (Å²) in [6.45, 7) is 0. The zero-order valence-corrected chi connectivity index (χ0v) is 14.6. The van der Waals surface area contributed by atoms with Gasteiger partial charge in [0.1, 0.15) is 23.1 Å². The molecule has 0 aliphatic carbocycles. The SMILES string of the molecule is O=C1C(Nc2ccc(F)cc2)=C[C@H](c2ccc(F)cc2)N1c1ccc(F)cc1. The summed E-state index contributed by atoms with van der Waals surface area (Å²) in [6, 6.07) is 16.5. The maximum absolute atomic E-state index is 13.3. The van der Waals surface area contributed by atoms with E-state index in [1.54, 1.807) is 18.2 Å². The Balaban J connectivity index is 1.72. The van der Waals surface area contributed by atoms with Gasteiger partial charge >= 0.3 is 0 Å². The fourth-order valence-electron chi connectivity index (χ4n) is 3.13. The topological polar surface area (TPSA) is 32.3 Å². The van der Waals surface area contributed by atoms with Gasteiger partial charge in [-0.25, -0.2) is 13.2 Å². The Bertz CT molecular complexity index is 1030. The number of carbonyl (C=O) groups excluding carboxylic acids is 1. The molecule has 28 heavy (non-hydrogen) atoms. The Morgan fingerprint density at radius 3 is 1.79 bits per heavy atom. The summed E-state index contributed by atoms with van der Waals surface area (Å²) in [7, 11) is 0. The molecule has 0 saturated carbocycles. The second-order valence-corrected chi connectivity index (χ2v) is 6.36. The molecular formula is C22H15F3N2O. The lowest BCUT2D eigenvalue weighted by atomic mass is 10.1. The molecule has 0 fully saturated rings. The van der Waals surface area contributed by atoms with E-state index in [4.69, 9.17) is 0 Å². The summed E-state index contributed by atoms with van der Waals surface area (Å²) in [6.07, 6.45) is 1.71. The lowest BCUT2D eigenvalue weighted by molar-refractivity contribution is -0.114. The highest BCUT2D eigenvalue weighted by molar-refractivity contribution is 6.11. The number of nitrogens with one attached hydrogen (secondary N) is 1. The van der Waals surface area contributed by atoms with Crippen LogP contribution in [-0.2, 0) is 4.79 Å². The molecule has 3 aromatic rings. The standard InChI is InChI=1S/C22H15F3N2O/c23-15-3-1-14(2-4-15)21-13-20(26-18-9-5-16(24)6-10-18)22(28)27(21)19-11-7-17(25)8-12-19/h1-13,21,26H/t21-/m1/s1. The van der Waals surface area contributed by atoms with Gasteiger partial charge < -0.3 is 5.32 Å². The van der Waals surface area contributed by atoms with Crippen LogP contribution in [0.3, 0.4) is 0 Å². The monoisotopic (exact) mass is 380 g/mol. The lowest BCUT2D eigenvalue weighted by Crippen LogP contribution is -2.30. The Morgan fingerprint density at radius 2 is 1.21 bits per heavy atom. The van der Waals surface area contributed by atoms with E-state index in [2.05, 4.69) is 5.32 Å². The van der Waals surface area contributed by atoms with E-state index >= 15 is 0 Å². The van der Waals surface area contributed by atoms with Gasteiger partial charge in [0.25, 0.3) is 5.91 Å². The Labute approximate surface area is 159 Å². The van der Waals surface area contributed by atoms with Crippen molar-refractivity contribution in [3.63, 3.8) is 0 Å². The van der Waals surface area contributed by atoms with Gasteiger partial charge in [-0.3, -0.25) is 9.69 Å². The van der Waals surface area contributed by atoms with Gasteiger partial charge in [-0.2, -0.15) is 0 Å². The number of rotatable bonds is 4. The van der Waals surface area contributed by atoms with Gasteiger partial charge in [0.05, 0.1) is 6.04 Å². The van der Waals surface area contributed by atoms with Crippen LogP contribution in [-0.4, -0.2) is 5.91 Å². The molecule has 1 aliphatic heterocycles. The summed E-state index contributed by atoms with van der Waals surface area (Å²) < 4.78 is 39.8. The van der Waals surface area contributed by atoms with Crippen molar-refractivity contribution in [2.45, 2.75) is 6.04 Å². The van der Waals surface area contributed by atoms with Crippen molar-refractivity contribution in [2.75, 3.05) is 10.2 Å². The van der Waals surface area contributed by atoms with Crippen molar-refractivity contribution in [3.8, 4) is 0 Å². The largest absolute Gasteiger partial charge is 0.351 e. The van der Waals surface area contributed by atoms with E-state index in [1.165, 1.54) is 65.6 Å². The molecule has 1 aliphatic rings. The van der Waals surface area contributed by atoms with Crippen molar-refractivity contribution < 1.29 is 18.0 Å². The van der Waals surface area contributed by atoms with Crippen molar-refractivity contribution >= 4 is 17.3 Å². The molecule has 1 heterocycles. The van der Waals surface area contributed by atoms with Gasteiger partial charge in [0.2, 0.25) is 0 Å². The van der Waals surface area contributed by atoms with Crippen LogP contribution in [0, 0.1) is 17.5 Å². The van der Waals surface area contributed by atoms with Crippen molar-refractivity contribution in [1.29, 1.82) is 0 Å². The van der Waals surface area contributed by atoms with E-state index < -0.39 is 11.9 Å². The van der Waals surface area contributed by atoms with Crippen LogP contribution < -0.4 is 10.2 Å². The second-order valence-electron chi connectivity index (χ2n) is 6.36. The second kappa shape index (κ2) is 7.23. The van der Waals surface area contributed by atoms with Crippen LogP contribution in [0.25, 0.3) is 0 Å². The number of benzene rings is 3. The molecule has 0 bridgehead atoms. The molecule has 0 unspecified atom stereocenters. The molecule has 1 amide bonds. The smallest absolute Gasteiger partial charge is 0.275 e. The molecule has 0 saturated heterocycles. The van der Waals surface area contributed by atoms with Gasteiger partial charge in [0.15, 0.2) is 0 Å². The number of halogens is 3. The summed E-state index contributed by atoms with van der Waals surface area (Å²) in [5, 5.41) is 3.00. The van der Waals surface area contributed by atoms with Crippen LogP contribution in [0.5, 0.6) is 0 Å². The van der Waals surface area contributed by atoms with E-state index in [0.29, 0.717) is 22.6 Å². The molecule has 140 valence electrons. The highest BCUT2D eigenvalue weighted by Gasteiger charge is 2.34. The number of amides is 1. The Hall–Kier alpha value is -3.54. The fraction of sp³-hybridized carbons (Fsp3) is 0.0455. The van der Waals surface area contributed by atoms with Crippen molar-refractivity contribution in [1.82, 2.24) is 0 Å².